The Kier molecular flexibility index (Phi) is 4.81. The largest absolute Gasteiger partial charge is 0.488 e. The van der Waals surface area contributed by atoms with Crippen LogP contribution in [-0.2, 0) is 0 Å². The lowest BCUT2D eigenvalue weighted by molar-refractivity contribution is -0.0265. The topological polar surface area (TPSA) is 15.7 Å². The van der Waals surface area contributed by atoms with Crippen molar-refractivity contribution >= 4 is 0 Å². The van der Waals surface area contributed by atoms with Crippen molar-refractivity contribution in [3.63, 3.8) is 0 Å². The monoisotopic (exact) mass is 288 g/mol. The van der Waals surface area contributed by atoms with Crippen molar-refractivity contribution in [2.24, 2.45) is 0 Å². The lowest BCUT2D eigenvalue weighted by atomic mass is 9.98. The Hall–Kier alpha value is -1.06. The van der Waals surface area contributed by atoms with E-state index in [-0.39, 0.29) is 0 Å². The molecule has 0 aliphatic carbocycles. The van der Waals surface area contributed by atoms with E-state index in [1.54, 1.807) is 0 Å². The molecule has 1 aromatic carbocycles. The summed E-state index contributed by atoms with van der Waals surface area (Å²) in [7, 11) is 0. The summed E-state index contributed by atoms with van der Waals surface area (Å²) in [6.45, 7) is 10.4. The first kappa shape index (κ1) is 14.9. The second kappa shape index (κ2) is 6.80. The summed E-state index contributed by atoms with van der Waals surface area (Å²) < 4.78 is 6.06. The lowest BCUT2D eigenvalue weighted by Crippen LogP contribution is -2.59. The Morgan fingerprint density at radius 1 is 1.19 bits per heavy atom. The molecule has 0 N–H and O–H groups in total. The van der Waals surface area contributed by atoms with Crippen LogP contribution in [0.25, 0.3) is 0 Å². The first-order chi connectivity index (χ1) is 10.2. The van der Waals surface area contributed by atoms with E-state index in [4.69, 9.17) is 4.74 Å². The molecule has 1 aromatic rings. The Bertz CT molecular complexity index is 448. The molecule has 3 nitrogen and oxygen atoms in total. The van der Waals surface area contributed by atoms with Gasteiger partial charge in [0.15, 0.2) is 0 Å². The van der Waals surface area contributed by atoms with Crippen molar-refractivity contribution in [3.05, 3.63) is 29.8 Å². The summed E-state index contributed by atoms with van der Waals surface area (Å²) in [4.78, 5) is 5.22. The van der Waals surface area contributed by atoms with Gasteiger partial charge in [0.2, 0.25) is 0 Å². The molecule has 2 aliphatic heterocycles. The maximum absolute atomic E-state index is 6.06. The zero-order valence-electron chi connectivity index (χ0n) is 13.4. The van der Waals surface area contributed by atoms with Crippen LogP contribution in [-0.4, -0.2) is 54.7 Å². The molecule has 3 rings (SSSR count). The van der Waals surface area contributed by atoms with Gasteiger partial charge < -0.3 is 9.64 Å². The van der Waals surface area contributed by atoms with E-state index in [0.717, 1.165) is 24.9 Å². The number of aryl methyl sites for hydroxylation is 1. The molecule has 2 heterocycles. The van der Waals surface area contributed by atoms with Crippen LogP contribution >= 0.6 is 0 Å². The number of hydrogen-bond acceptors (Lipinski definition) is 3. The quantitative estimate of drug-likeness (QED) is 0.828. The standard InChI is InChI=1S/C18H28N2O/c1-3-9-19-10-7-16(8-11-19)20-13-18(14-20)21-17-6-4-5-15(2)12-17/h4-6,12,16,18H,3,7-11,13-14H2,1-2H3. The highest BCUT2D eigenvalue weighted by molar-refractivity contribution is 5.27. The molecule has 0 unspecified atom stereocenters. The summed E-state index contributed by atoms with van der Waals surface area (Å²) >= 11 is 0. The molecule has 0 amide bonds. The van der Waals surface area contributed by atoms with Crippen LogP contribution in [0.15, 0.2) is 24.3 Å². The summed E-state index contributed by atoms with van der Waals surface area (Å²) in [6.07, 6.45) is 4.33. The average molecular weight is 288 g/mol. The number of rotatable bonds is 5. The van der Waals surface area contributed by atoms with E-state index in [0.29, 0.717) is 6.10 Å². The normalized spacial score (nSPS) is 22.2. The van der Waals surface area contributed by atoms with Crippen LogP contribution in [0.1, 0.15) is 31.7 Å². The van der Waals surface area contributed by atoms with Crippen LogP contribution < -0.4 is 4.74 Å². The Balaban J connectivity index is 1.40. The number of hydrogen-bond donors (Lipinski definition) is 0. The molecule has 116 valence electrons. The molecule has 3 heteroatoms. The first-order valence-corrected chi connectivity index (χ1v) is 8.44. The third-order valence-corrected chi connectivity index (χ3v) is 4.78. The summed E-state index contributed by atoms with van der Waals surface area (Å²) in [5.74, 6) is 1.03. The molecule has 2 fully saturated rings. The Labute approximate surface area is 128 Å². The Morgan fingerprint density at radius 3 is 2.62 bits per heavy atom. The van der Waals surface area contributed by atoms with Crippen molar-refractivity contribution in [2.75, 3.05) is 32.7 Å². The molecule has 0 saturated carbocycles. The van der Waals surface area contributed by atoms with Gasteiger partial charge in [-0.1, -0.05) is 19.1 Å². The molecule has 2 aliphatic rings. The van der Waals surface area contributed by atoms with E-state index in [1.165, 1.54) is 44.5 Å². The third kappa shape index (κ3) is 3.78. The lowest BCUT2D eigenvalue weighted by Gasteiger charge is -2.46. The van der Waals surface area contributed by atoms with Crippen LogP contribution in [0.2, 0.25) is 0 Å². The fourth-order valence-electron chi connectivity index (χ4n) is 3.55. The van der Waals surface area contributed by atoms with Gasteiger partial charge in [0.1, 0.15) is 11.9 Å². The van der Waals surface area contributed by atoms with Gasteiger partial charge in [-0.3, -0.25) is 4.90 Å². The van der Waals surface area contributed by atoms with Gasteiger partial charge in [0.25, 0.3) is 0 Å². The van der Waals surface area contributed by atoms with Crippen molar-refractivity contribution < 1.29 is 4.74 Å². The van der Waals surface area contributed by atoms with E-state index in [2.05, 4.69) is 47.9 Å². The SMILES string of the molecule is CCCN1CCC(N2CC(Oc3cccc(C)c3)C2)CC1. The van der Waals surface area contributed by atoms with Gasteiger partial charge in [-0.15, -0.1) is 0 Å². The van der Waals surface area contributed by atoms with Crippen LogP contribution in [0.5, 0.6) is 5.75 Å². The number of benzene rings is 1. The number of ether oxygens (including phenoxy) is 1. The minimum Gasteiger partial charge on any atom is -0.488 e. The van der Waals surface area contributed by atoms with Crippen LogP contribution in [0.4, 0.5) is 0 Å². The van der Waals surface area contributed by atoms with Gasteiger partial charge >= 0.3 is 0 Å². The molecule has 0 spiro atoms. The van der Waals surface area contributed by atoms with Crippen molar-refractivity contribution in [1.82, 2.24) is 9.80 Å². The molecular formula is C18H28N2O. The zero-order chi connectivity index (χ0) is 14.7. The van der Waals surface area contributed by atoms with E-state index in [1.807, 2.05) is 0 Å². The Morgan fingerprint density at radius 2 is 1.95 bits per heavy atom. The van der Waals surface area contributed by atoms with Gasteiger partial charge in [-0.25, -0.2) is 0 Å². The van der Waals surface area contributed by atoms with Gasteiger partial charge in [-0.05, 0) is 63.5 Å². The summed E-state index contributed by atoms with van der Waals surface area (Å²) in [6, 6.07) is 9.18. The van der Waals surface area contributed by atoms with E-state index >= 15 is 0 Å². The molecular weight excluding hydrogens is 260 g/mol. The maximum atomic E-state index is 6.06. The molecule has 0 radical (unpaired) electrons. The smallest absolute Gasteiger partial charge is 0.124 e. The fraction of sp³-hybridized carbons (Fsp3) is 0.667. The molecule has 0 bridgehead atoms. The van der Waals surface area contributed by atoms with Gasteiger partial charge in [0.05, 0.1) is 0 Å². The minimum atomic E-state index is 0.389. The van der Waals surface area contributed by atoms with Crippen molar-refractivity contribution in [2.45, 2.75) is 45.3 Å². The third-order valence-electron chi connectivity index (χ3n) is 4.78. The molecule has 0 aromatic heterocycles. The highest BCUT2D eigenvalue weighted by Gasteiger charge is 2.35. The maximum Gasteiger partial charge on any atom is 0.124 e. The molecule has 0 atom stereocenters. The fourth-order valence-corrected chi connectivity index (χ4v) is 3.55. The summed E-state index contributed by atoms with van der Waals surface area (Å²) in [5.41, 5.74) is 1.27. The molecule has 2 saturated heterocycles. The number of piperidine rings is 1. The highest BCUT2D eigenvalue weighted by atomic mass is 16.5. The second-order valence-electron chi connectivity index (χ2n) is 6.58. The van der Waals surface area contributed by atoms with E-state index in [9.17, 15) is 0 Å². The first-order valence-electron chi connectivity index (χ1n) is 8.44. The van der Waals surface area contributed by atoms with Gasteiger partial charge in [-0.2, -0.15) is 0 Å². The second-order valence-corrected chi connectivity index (χ2v) is 6.58. The zero-order valence-corrected chi connectivity index (χ0v) is 13.4. The minimum absolute atomic E-state index is 0.389. The van der Waals surface area contributed by atoms with Gasteiger partial charge in [0, 0.05) is 19.1 Å². The number of likely N-dealkylation sites (tertiary alicyclic amines) is 2. The van der Waals surface area contributed by atoms with Crippen molar-refractivity contribution in [3.8, 4) is 5.75 Å². The van der Waals surface area contributed by atoms with E-state index < -0.39 is 0 Å². The van der Waals surface area contributed by atoms with Crippen LogP contribution in [0.3, 0.4) is 0 Å². The predicted octanol–water partition coefficient (Wildman–Crippen LogP) is 2.93. The summed E-state index contributed by atoms with van der Waals surface area (Å²) in [5, 5.41) is 0. The van der Waals surface area contributed by atoms with Crippen molar-refractivity contribution in [1.29, 1.82) is 0 Å². The highest BCUT2D eigenvalue weighted by Crippen LogP contribution is 2.25. The van der Waals surface area contributed by atoms with Crippen LogP contribution in [0, 0.1) is 6.92 Å². The number of nitrogens with zero attached hydrogens (tertiary/aromatic N) is 2. The predicted molar refractivity (Wildman–Crippen MR) is 86.9 cm³/mol. The molecule has 21 heavy (non-hydrogen) atoms. The average Bonchev–Trinajstić information content (AvgIpc) is 2.44.